The Labute approximate surface area is 121 Å². The van der Waals surface area contributed by atoms with E-state index in [0.29, 0.717) is 18.7 Å². The number of nitrogens with zero attached hydrogens (tertiary/aromatic N) is 1. The molecule has 0 bridgehead atoms. The first kappa shape index (κ1) is 17.9. The Morgan fingerprint density at radius 3 is 2.45 bits per heavy atom. The number of amides is 1. The summed E-state index contributed by atoms with van der Waals surface area (Å²) in [6, 6.07) is -0.122. The number of nitrogens with one attached hydrogen (secondary N) is 1. The van der Waals surface area contributed by atoms with Gasteiger partial charge in [0.05, 0.1) is 5.69 Å². The molecule has 1 aliphatic heterocycles. The van der Waals surface area contributed by atoms with Crippen LogP contribution in [0.15, 0.2) is 10.7 Å². The quantitative estimate of drug-likeness (QED) is 0.707. The minimum Gasteiger partial charge on any atom is -0.475 e. The molecule has 1 fully saturated rings. The maximum Gasteiger partial charge on any atom is 0.490 e. The molecule has 2 heterocycles. The number of halogens is 4. The molecular weight excluding hydrogens is 314 g/mol. The number of primary amides is 1. The van der Waals surface area contributed by atoms with E-state index in [1.54, 1.807) is 0 Å². The third-order valence-corrected chi connectivity index (χ3v) is 2.80. The number of hydrogen-bond acceptors (Lipinski definition) is 5. The zero-order valence-corrected chi connectivity index (χ0v) is 11.1. The molecule has 1 amide bonds. The van der Waals surface area contributed by atoms with Crippen molar-refractivity contribution in [3.8, 4) is 0 Å². The molecule has 11 heteroatoms. The van der Waals surface area contributed by atoms with Gasteiger partial charge in [-0.2, -0.15) is 13.2 Å². The van der Waals surface area contributed by atoms with Crippen LogP contribution in [-0.2, 0) is 4.79 Å². The number of carbonyl (C=O) groups is 2. The summed E-state index contributed by atoms with van der Waals surface area (Å²) >= 11 is 0. The van der Waals surface area contributed by atoms with E-state index in [0.717, 1.165) is 0 Å². The van der Waals surface area contributed by atoms with E-state index in [4.69, 9.17) is 20.1 Å². The largest absolute Gasteiger partial charge is 0.490 e. The highest BCUT2D eigenvalue weighted by molar-refractivity contribution is 5.87. The number of nitrogens with two attached hydrogens (primary N) is 1. The lowest BCUT2D eigenvalue weighted by Crippen LogP contribution is -2.22. The van der Waals surface area contributed by atoms with E-state index < -0.39 is 24.7 Å². The molecule has 124 valence electrons. The summed E-state index contributed by atoms with van der Waals surface area (Å²) in [4.78, 5) is 23.6. The van der Waals surface area contributed by atoms with E-state index in [1.807, 2.05) is 0 Å². The Morgan fingerprint density at radius 1 is 1.50 bits per heavy atom. The third-order valence-electron chi connectivity index (χ3n) is 2.80. The summed E-state index contributed by atoms with van der Waals surface area (Å²) in [6.07, 6.45) is -3.01. The molecule has 0 saturated carbocycles. The Bertz CT molecular complexity index is 532. The molecule has 0 unspecified atom stereocenters. The van der Waals surface area contributed by atoms with Crippen LogP contribution in [0.3, 0.4) is 0 Å². The van der Waals surface area contributed by atoms with E-state index in [-0.39, 0.29) is 17.9 Å². The lowest BCUT2D eigenvalue weighted by molar-refractivity contribution is -0.192. The second-order valence-electron chi connectivity index (χ2n) is 4.44. The molecule has 1 aliphatic rings. The predicted molar refractivity (Wildman–Crippen MR) is 63.8 cm³/mol. The van der Waals surface area contributed by atoms with Crippen molar-refractivity contribution in [3.05, 3.63) is 17.8 Å². The van der Waals surface area contributed by atoms with Gasteiger partial charge in [0, 0.05) is 18.5 Å². The van der Waals surface area contributed by atoms with Gasteiger partial charge < -0.3 is 20.6 Å². The van der Waals surface area contributed by atoms with Crippen molar-refractivity contribution in [2.75, 3.05) is 13.2 Å². The molecular formula is C11H13F4N3O4. The van der Waals surface area contributed by atoms with Crippen LogP contribution in [0.25, 0.3) is 0 Å². The normalized spacial score (nSPS) is 21.1. The number of hydrogen-bond donors (Lipinski definition) is 3. The van der Waals surface area contributed by atoms with Crippen molar-refractivity contribution in [2.45, 2.75) is 24.6 Å². The Hall–Kier alpha value is -2.17. The van der Waals surface area contributed by atoms with Crippen molar-refractivity contribution in [1.29, 1.82) is 0 Å². The van der Waals surface area contributed by atoms with Gasteiger partial charge in [-0.05, 0) is 6.42 Å². The molecule has 22 heavy (non-hydrogen) atoms. The van der Waals surface area contributed by atoms with Gasteiger partial charge >= 0.3 is 18.1 Å². The number of carboxylic acids is 1. The van der Waals surface area contributed by atoms with Gasteiger partial charge in [-0.15, -0.1) is 0 Å². The van der Waals surface area contributed by atoms with Gasteiger partial charge in [-0.1, -0.05) is 0 Å². The summed E-state index contributed by atoms with van der Waals surface area (Å²) in [5.41, 5.74) is 5.67. The van der Waals surface area contributed by atoms with Crippen LogP contribution in [0, 0.1) is 0 Å². The number of rotatable bonds is 3. The lowest BCUT2D eigenvalue weighted by Gasteiger charge is -2.02. The molecule has 1 aromatic rings. The van der Waals surface area contributed by atoms with Crippen molar-refractivity contribution < 1.29 is 36.7 Å². The molecule has 0 spiro atoms. The summed E-state index contributed by atoms with van der Waals surface area (Å²) in [7, 11) is 0. The fourth-order valence-corrected chi connectivity index (χ4v) is 1.75. The highest BCUT2D eigenvalue weighted by Gasteiger charge is 2.38. The highest BCUT2D eigenvalue weighted by atomic mass is 19.4. The van der Waals surface area contributed by atoms with E-state index in [1.165, 1.54) is 6.26 Å². The standard InChI is InChI=1S/C9H12FN3O2.C2HF3O2/c10-2-6-1-5(3-12-6)7-4-15-9(13-7)8(11)14;3-2(4,5)1(6)7/h4-6,12H,1-3H2,(H2,11,14);(H,6,7)/t5-,6+;/m1./s1. The van der Waals surface area contributed by atoms with Gasteiger partial charge in [-0.3, -0.25) is 4.79 Å². The first-order valence-corrected chi connectivity index (χ1v) is 5.99. The van der Waals surface area contributed by atoms with Crippen molar-refractivity contribution in [3.63, 3.8) is 0 Å². The van der Waals surface area contributed by atoms with Crippen LogP contribution in [0.5, 0.6) is 0 Å². The van der Waals surface area contributed by atoms with E-state index in [9.17, 15) is 22.4 Å². The van der Waals surface area contributed by atoms with Crippen LogP contribution < -0.4 is 11.1 Å². The average molecular weight is 327 g/mol. The van der Waals surface area contributed by atoms with E-state index >= 15 is 0 Å². The summed E-state index contributed by atoms with van der Waals surface area (Å²) in [5, 5.41) is 10.1. The third kappa shape index (κ3) is 4.98. The molecule has 0 aliphatic carbocycles. The van der Waals surface area contributed by atoms with Gasteiger partial charge in [0.15, 0.2) is 0 Å². The van der Waals surface area contributed by atoms with Gasteiger partial charge in [0.2, 0.25) is 0 Å². The number of carboxylic acid groups (broad SMARTS) is 1. The maximum atomic E-state index is 12.3. The van der Waals surface area contributed by atoms with Crippen LogP contribution >= 0.6 is 0 Å². The Balaban J connectivity index is 0.000000295. The number of aromatic nitrogens is 1. The van der Waals surface area contributed by atoms with Crippen LogP contribution in [-0.4, -0.2) is 47.4 Å². The number of oxazole rings is 1. The molecule has 1 aromatic heterocycles. The predicted octanol–water partition coefficient (Wildman–Crippen LogP) is 0.822. The summed E-state index contributed by atoms with van der Waals surface area (Å²) in [5.74, 6) is -3.43. The van der Waals surface area contributed by atoms with Crippen molar-refractivity contribution in [2.24, 2.45) is 5.73 Å². The summed E-state index contributed by atoms with van der Waals surface area (Å²) < 4.78 is 49.0. The SMILES string of the molecule is NC(=O)c1nc([C@H]2CN[C@H](CF)C2)co1.O=C(O)C(F)(F)F. The topological polar surface area (TPSA) is 118 Å². The van der Waals surface area contributed by atoms with Crippen LogP contribution in [0.2, 0.25) is 0 Å². The Kier molecular flexibility index (Phi) is 5.85. The first-order valence-electron chi connectivity index (χ1n) is 5.99. The molecule has 4 N–H and O–H groups in total. The van der Waals surface area contributed by atoms with Crippen molar-refractivity contribution >= 4 is 11.9 Å². The van der Waals surface area contributed by atoms with Gasteiger partial charge in [-0.25, -0.2) is 14.2 Å². The second-order valence-corrected chi connectivity index (χ2v) is 4.44. The fraction of sp³-hybridized carbons (Fsp3) is 0.545. The molecule has 7 nitrogen and oxygen atoms in total. The monoisotopic (exact) mass is 327 g/mol. The smallest absolute Gasteiger partial charge is 0.475 e. The molecule has 2 atom stereocenters. The van der Waals surface area contributed by atoms with Gasteiger partial charge in [0.1, 0.15) is 12.9 Å². The lowest BCUT2D eigenvalue weighted by atomic mass is 10.0. The maximum absolute atomic E-state index is 12.3. The second kappa shape index (κ2) is 7.20. The number of alkyl halides is 4. The average Bonchev–Trinajstić information content (AvgIpc) is 3.07. The van der Waals surface area contributed by atoms with Crippen LogP contribution in [0.1, 0.15) is 28.7 Å². The summed E-state index contributed by atoms with van der Waals surface area (Å²) in [6.45, 7) is 0.260. The zero-order valence-electron chi connectivity index (χ0n) is 11.1. The molecule has 0 radical (unpaired) electrons. The fourth-order valence-electron chi connectivity index (χ4n) is 1.75. The van der Waals surface area contributed by atoms with Crippen LogP contribution in [0.4, 0.5) is 17.6 Å². The minimum absolute atomic E-state index is 0.0892. The van der Waals surface area contributed by atoms with Crippen molar-refractivity contribution in [1.82, 2.24) is 10.3 Å². The zero-order chi connectivity index (χ0) is 16.9. The van der Waals surface area contributed by atoms with E-state index in [2.05, 4.69) is 10.3 Å². The number of aliphatic carboxylic acids is 1. The van der Waals surface area contributed by atoms with Gasteiger partial charge in [0.25, 0.3) is 5.89 Å². The molecule has 2 rings (SSSR count). The molecule has 1 saturated heterocycles. The highest BCUT2D eigenvalue weighted by Crippen LogP contribution is 2.25. The minimum atomic E-state index is -5.08. The first-order chi connectivity index (χ1) is 10.1. The number of carbonyl (C=O) groups excluding carboxylic acids is 1. The molecule has 0 aromatic carbocycles. The Morgan fingerprint density at radius 2 is 2.09 bits per heavy atom.